The molecule has 0 bridgehead atoms. The van der Waals surface area contributed by atoms with Crippen LogP contribution in [0.15, 0.2) is 11.5 Å². The van der Waals surface area contributed by atoms with Gasteiger partial charge in [-0.1, -0.05) is 6.08 Å². The molecule has 0 unspecified atom stereocenters. The quantitative estimate of drug-likeness (QED) is 0.405. The molecule has 10 nitrogen and oxygen atoms in total. The van der Waals surface area contributed by atoms with Gasteiger partial charge in [-0.15, -0.1) is 0 Å². The highest BCUT2D eigenvalue weighted by Crippen LogP contribution is 2.28. The summed E-state index contributed by atoms with van der Waals surface area (Å²) in [6, 6.07) is 0.270. The van der Waals surface area contributed by atoms with Gasteiger partial charge in [0.15, 0.2) is 9.84 Å². The van der Waals surface area contributed by atoms with Crippen LogP contribution < -0.4 is 10.6 Å². The van der Waals surface area contributed by atoms with Crippen LogP contribution >= 0.6 is 0 Å². The van der Waals surface area contributed by atoms with E-state index in [4.69, 9.17) is 9.47 Å². The molecule has 40 heavy (non-hydrogen) atoms. The normalized spacial score (nSPS) is 24.4. The molecule has 0 aromatic carbocycles. The lowest BCUT2D eigenvalue weighted by Crippen LogP contribution is -2.41. The van der Waals surface area contributed by atoms with E-state index in [-0.39, 0.29) is 35.9 Å². The lowest BCUT2D eigenvalue weighted by atomic mass is 9.84. The van der Waals surface area contributed by atoms with E-state index in [2.05, 4.69) is 10.6 Å². The SMILES string of the molecule is CC(C)(C)OC(=O)NC1CCC(C=CS(C)(=O)=O)CC1.CC(C)(C)OC(=O)NC1CCC(CCS(C)(=O)=O)CC1. The molecule has 12 heteroatoms. The first-order chi connectivity index (χ1) is 18.1. The number of ether oxygens (including phenoxy) is 2. The van der Waals surface area contributed by atoms with Crippen LogP contribution in [0, 0.1) is 11.8 Å². The number of sulfone groups is 2. The minimum Gasteiger partial charge on any atom is -0.444 e. The smallest absolute Gasteiger partial charge is 0.407 e. The average molecular weight is 609 g/mol. The molecule has 2 amide bonds. The van der Waals surface area contributed by atoms with Crippen LogP contribution in [0.25, 0.3) is 0 Å². The lowest BCUT2D eigenvalue weighted by Gasteiger charge is -2.30. The third kappa shape index (κ3) is 19.3. The summed E-state index contributed by atoms with van der Waals surface area (Å²) in [4.78, 5) is 23.3. The van der Waals surface area contributed by atoms with Crippen molar-refractivity contribution in [3.8, 4) is 0 Å². The zero-order chi connectivity index (χ0) is 30.8. The minimum absolute atomic E-state index is 0.118. The third-order valence-electron chi connectivity index (χ3n) is 6.56. The Labute approximate surface area is 242 Å². The van der Waals surface area contributed by atoms with Crippen LogP contribution in [-0.2, 0) is 29.1 Å². The number of carbonyl (C=O) groups is 2. The van der Waals surface area contributed by atoms with Crippen molar-refractivity contribution in [1.29, 1.82) is 0 Å². The summed E-state index contributed by atoms with van der Waals surface area (Å²) in [5.41, 5.74) is -0.962. The Hall–Kier alpha value is -1.82. The molecular formula is C28H52N2O8S2. The van der Waals surface area contributed by atoms with Crippen molar-refractivity contribution in [2.75, 3.05) is 18.3 Å². The standard InChI is InChI=1S/C14H27NO4S.C14H25NO4S/c2*1-14(2,3)19-13(16)15-12-7-5-11(6-8-12)9-10-20(4,17)18/h11-12H,5-10H2,1-4H3,(H,15,16);9-12H,5-8H2,1-4H3,(H,15,16). The van der Waals surface area contributed by atoms with Gasteiger partial charge in [0.2, 0.25) is 0 Å². The van der Waals surface area contributed by atoms with Crippen molar-refractivity contribution in [3.05, 3.63) is 11.5 Å². The van der Waals surface area contributed by atoms with E-state index >= 15 is 0 Å². The van der Waals surface area contributed by atoms with E-state index in [1.807, 2.05) is 41.5 Å². The van der Waals surface area contributed by atoms with Gasteiger partial charge in [0.25, 0.3) is 0 Å². The Morgan fingerprint density at radius 3 is 1.48 bits per heavy atom. The van der Waals surface area contributed by atoms with Crippen molar-refractivity contribution in [3.63, 3.8) is 0 Å². The molecular weight excluding hydrogens is 556 g/mol. The number of allylic oxidation sites excluding steroid dienone is 1. The van der Waals surface area contributed by atoms with E-state index in [1.54, 1.807) is 6.08 Å². The number of amides is 2. The van der Waals surface area contributed by atoms with Crippen molar-refractivity contribution in [2.24, 2.45) is 11.8 Å². The number of nitrogens with one attached hydrogen (secondary N) is 2. The first kappa shape index (κ1) is 36.2. The third-order valence-corrected chi connectivity index (χ3v) is 8.18. The first-order valence-electron chi connectivity index (χ1n) is 14.2. The van der Waals surface area contributed by atoms with Crippen LogP contribution in [0.1, 0.15) is 99.3 Å². The fourth-order valence-electron chi connectivity index (χ4n) is 4.63. The molecule has 0 aliphatic heterocycles. The van der Waals surface area contributed by atoms with Gasteiger partial charge in [-0.05, 0) is 111 Å². The number of hydrogen-bond donors (Lipinski definition) is 2. The van der Waals surface area contributed by atoms with Gasteiger partial charge in [0.05, 0.1) is 5.75 Å². The van der Waals surface area contributed by atoms with E-state index < -0.39 is 30.9 Å². The van der Waals surface area contributed by atoms with Gasteiger partial charge in [-0.2, -0.15) is 0 Å². The molecule has 0 aromatic heterocycles. The monoisotopic (exact) mass is 608 g/mol. The maximum atomic E-state index is 11.7. The highest BCUT2D eigenvalue weighted by molar-refractivity contribution is 7.93. The summed E-state index contributed by atoms with van der Waals surface area (Å²) < 4.78 is 54.8. The average Bonchev–Trinajstić information content (AvgIpc) is 2.75. The topological polar surface area (TPSA) is 145 Å². The molecule has 2 fully saturated rings. The largest absolute Gasteiger partial charge is 0.444 e. The summed E-state index contributed by atoms with van der Waals surface area (Å²) in [5.74, 6) is 1.00. The summed E-state index contributed by atoms with van der Waals surface area (Å²) in [6.07, 6.45) is 11.4. The molecule has 0 spiro atoms. The second kappa shape index (κ2) is 15.4. The number of carbonyl (C=O) groups excluding carboxylic acids is 2. The van der Waals surface area contributed by atoms with Gasteiger partial charge >= 0.3 is 12.2 Å². The van der Waals surface area contributed by atoms with Crippen LogP contribution in [0.2, 0.25) is 0 Å². The zero-order valence-electron chi connectivity index (χ0n) is 25.6. The van der Waals surface area contributed by atoms with Gasteiger partial charge in [0.1, 0.15) is 21.0 Å². The van der Waals surface area contributed by atoms with E-state index in [9.17, 15) is 26.4 Å². The molecule has 234 valence electrons. The molecule has 2 rings (SSSR count). The summed E-state index contributed by atoms with van der Waals surface area (Å²) in [5, 5.41) is 7.03. The molecule has 0 atom stereocenters. The summed E-state index contributed by atoms with van der Waals surface area (Å²) in [6.45, 7) is 11.0. The fourth-order valence-corrected chi connectivity index (χ4v) is 5.90. The minimum atomic E-state index is -3.05. The molecule has 0 heterocycles. The van der Waals surface area contributed by atoms with Crippen LogP contribution in [0.5, 0.6) is 0 Å². The van der Waals surface area contributed by atoms with Crippen molar-refractivity contribution >= 4 is 31.9 Å². The number of rotatable bonds is 7. The maximum absolute atomic E-state index is 11.7. The Morgan fingerprint density at radius 2 is 1.12 bits per heavy atom. The number of alkyl carbamates (subject to hydrolysis) is 2. The maximum Gasteiger partial charge on any atom is 0.407 e. The Balaban J connectivity index is 0.000000400. The van der Waals surface area contributed by atoms with Crippen molar-refractivity contribution < 1.29 is 35.9 Å². The molecule has 2 N–H and O–H groups in total. The Bertz CT molecular complexity index is 1040. The lowest BCUT2D eigenvalue weighted by molar-refractivity contribution is 0.0476. The van der Waals surface area contributed by atoms with Gasteiger partial charge in [-0.25, -0.2) is 26.4 Å². The fraction of sp³-hybridized carbons (Fsp3) is 0.857. The Morgan fingerprint density at radius 1 is 0.725 bits per heavy atom. The van der Waals surface area contributed by atoms with E-state index in [1.165, 1.54) is 17.9 Å². The summed E-state index contributed by atoms with van der Waals surface area (Å²) in [7, 11) is -5.91. The summed E-state index contributed by atoms with van der Waals surface area (Å²) >= 11 is 0. The predicted molar refractivity (Wildman–Crippen MR) is 159 cm³/mol. The zero-order valence-corrected chi connectivity index (χ0v) is 27.3. The van der Waals surface area contributed by atoms with Gasteiger partial charge in [-0.3, -0.25) is 0 Å². The molecule has 2 aliphatic carbocycles. The van der Waals surface area contributed by atoms with E-state index in [0.717, 1.165) is 57.8 Å². The van der Waals surface area contributed by atoms with Crippen LogP contribution in [0.4, 0.5) is 9.59 Å². The van der Waals surface area contributed by atoms with Crippen molar-refractivity contribution in [1.82, 2.24) is 10.6 Å². The molecule has 0 radical (unpaired) electrons. The second-order valence-electron chi connectivity index (χ2n) is 13.2. The predicted octanol–water partition coefficient (Wildman–Crippen LogP) is 5.13. The second-order valence-corrected chi connectivity index (χ2v) is 17.4. The molecule has 0 aromatic rings. The molecule has 2 saturated carbocycles. The van der Waals surface area contributed by atoms with Crippen LogP contribution in [-0.4, -0.2) is 70.6 Å². The first-order valence-corrected chi connectivity index (χ1v) is 18.2. The van der Waals surface area contributed by atoms with Crippen molar-refractivity contribution in [2.45, 2.75) is 123 Å². The molecule has 2 aliphatic rings. The highest BCUT2D eigenvalue weighted by Gasteiger charge is 2.26. The van der Waals surface area contributed by atoms with Gasteiger partial charge in [0, 0.05) is 30.0 Å². The molecule has 0 saturated heterocycles. The van der Waals surface area contributed by atoms with E-state index in [0.29, 0.717) is 5.92 Å². The number of hydrogen-bond acceptors (Lipinski definition) is 8. The highest BCUT2D eigenvalue weighted by atomic mass is 32.2. The Kier molecular flexibility index (Phi) is 14.0. The van der Waals surface area contributed by atoms with Crippen LogP contribution in [0.3, 0.4) is 0 Å². The van der Waals surface area contributed by atoms with Gasteiger partial charge < -0.3 is 20.1 Å².